The van der Waals surface area contributed by atoms with E-state index in [1.165, 1.54) is 18.9 Å². The molecule has 0 bridgehead atoms. The van der Waals surface area contributed by atoms with Crippen molar-refractivity contribution in [1.82, 2.24) is 5.43 Å². The number of rotatable bonds is 6. The smallest absolute Gasteiger partial charge is 0.124 e. The Morgan fingerprint density at radius 3 is 3.00 bits per heavy atom. The van der Waals surface area contributed by atoms with Crippen LogP contribution in [0.1, 0.15) is 43.7 Å². The number of nitrogens with two attached hydrogens (primary N) is 1. The summed E-state index contributed by atoms with van der Waals surface area (Å²) in [6.07, 6.45) is 5.86. The molecular weight excluding hydrogens is 358 g/mol. The second-order valence-electron chi connectivity index (χ2n) is 4.95. The van der Waals surface area contributed by atoms with Gasteiger partial charge < -0.3 is 4.74 Å². The standard InChI is InChI=1S/C14H20FIN2O/c15-10-6-7-12(13(16)9-10)14(18-17)5-1-3-11-4-2-8-19-11/h6-7,9,11,14,18H,1-5,8,17H2. The predicted octanol–water partition coefficient (Wildman–Crippen LogP) is 3.28. The van der Waals surface area contributed by atoms with Gasteiger partial charge in [0.1, 0.15) is 5.82 Å². The lowest BCUT2D eigenvalue weighted by Gasteiger charge is -2.18. The number of hydrazine groups is 1. The molecule has 1 heterocycles. The fraction of sp³-hybridized carbons (Fsp3) is 0.571. The number of halogens is 2. The minimum Gasteiger partial charge on any atom is -0.378 e. The lowest BCUT2D eigenvalue weighted by atomic mass is 10.00. The lowest BCUT2D eigenvalue weighted by molar-refractivity contribution is 0.101. The highest BCUT2D eigenvalue weighted by Gasteiger charge is 2.17. The Kier molecular flexibility index (Phi) is 6.00. The van der Waals surface area contributed by atoms with Crippen molar-refractivity contribution >= 4 is 22.6 Å². The third-order valence-electron chi connectivity index (χ3n) is 3.58. The molecule has 1 aromatic rings. The first-order valence-electron chi connectivity index (χ1n) is 6.73. The average molecular weight is 378 g/mol. The molecule has 1 saturated heterocycles. The second kappa shape index (κ2) is 7.52. The normalized spacial score (nSPS) is 20.7. The van der Waals surface area contributed by atoms with Gasteiger partial charge in [-0.1, -0.05) is 6.07 Å². The van der Waals surface area contributed by atoms with Crippen LogP contribution in [0.5, 0.6) is 0 Å². The maximum Gasteiger partial charge on any atom is 0.124 e. The lowest BCUT2D eigenvalue weighted by Crippen LogP contribution is -2.28. The first-order chi connectivity index (χ1) is 9.20. The largest absolute Gasteiger partial charge is 0.378 e. The maximum absolute atomic E-state index is 13.1. The summed E-state index contributed by atoms with van der Waals surface area (Å²) in [7, 11) is 0. The number of hydrogen-bond acceptors (Lipinski definition) is 3. The number of ether oxygens (including phenoxy) is 1. The molecule has 1 fully saturated rings. The van der Waals surface area contributed by atoms with E-state index in [2.05, 4.69) is 28.0 Å². The van der Waals surface area contributed by atoms with Gasteiger partial charge in [0.15, 0.2) is 0 Å². The van der Waals surface area contributed by atoms with Crippen molar-refractivity contribution in [2.45, 2.75) is 44.2 Å². The zero-order valence-corrected chi connectivity index (χ0v) is 13.0. The van der Waals surface area contributed by atoms with Gasteiger partial charge in [-0.2, -0.15) is 0 Å². The molecule has 0 spiro atoms. The number of hydrogen-bond donors (Lipinski definition) is 2. The zero-order chi connectivity index (χ0) is 13.7. The number of nitrogens with one attached hydrogen (secondary N) is 1. The van der Waals surface area contributed by atoms with E-state index < -0.39 is 0 Å². The van der Waals surface area contributed by atoms with Crippen LogP contribution in [0.2, 0.25) is 0 Å². The molecule has 0 aliphatic carbocycles. The second-order valence-corrected chi connectivity index (χ2v) is 6.11. The van der Waals surface area contributed by atoms with Gasteiger partial charge in [-0.05, 0) is 72.4 Å². The summed E-state index contributed by atoms with van der Waals surface area (Å²) in [6, 6.07) is 4.92. The van der Waals surface area contributed by atoms with E-state index in [1.54, 1.807) is 6.07 Å². The van der Waals surface area contributed by atoms with Crippen LogP contribution in [0.3, 0.4) is 0 Å². The van der Waals surface area contributed by atoms with Gasteiger partial charge in [0.25, 0.3) is 0 Å². The summed E-state index contributed by atoms with van der Waals surface area (Å²) >= 11 is 2.15. The van der Waals surface area contributed by atoms with Gasteiger partial charge in [-0.3, -0.25) is 11.3 Å². The van der Waals surface area contributed by atoms with E-state index in [-0.39, 0.29) is 11.9 Å². The van der Waals surface area contributed by atoms with E-state index in [4.69, 9.17) is 10.6 Å². The van der Waals surface area contributed by atoms with E-state index >= 15 is 0 Å². The molecule has 2 atom stereocenters. The van der Waals surface area contributed by atoms with Crippen LogP contribution in [0.15, 0.2) is 18.2 Å². The van der Waals surface area contributed by atoms with Crippen molar-refractivity contribution in [1.29, 1.82) is 0 Å². The Morgan fingerprint density at radius 1 is 1.53 bits per heavy atom. The van der Waals surface area contributed by atoms with Crippen molar-refractivity contribution in [3.63, 3.8) is 0 Å². The Bertz CT molecular complexity index is 410. The van der Waals surface area contributed by atoms with Crippen LogP contribution in [-0.4, -0.2) is 12.7 Å². The molecule has 1 aliphatic rings. The molecule has 0 radical (unpaired) electrons. The summed E-state index contributed by atoms with van der Waals surface area (Å²) in [5.74, 6) is 5.42. The molecule has 1 aliphatic heterocycles. The first kappa shape index (κ1) is 15.2. The molecule has 2 rings (SSSR count). The van der Waals surface area contributed by atoms with E-state index in [0.29, 0.717) is 6.10 Å². The Labute approximate surface area is 127 Å². The summed E-state index contributed by atoms with van der Waals surface area (Å²) in [4.78, 5) is 0. The van der Waals surface area contributed by atoms with E-state index in [0.717, 1.165) is 35.0 Å². The molecular formula is C14H20FIN2O. The van der Waals surface area contributed by atoms with Crippen LogP contribution in [-0.2, 0) is 4.74 Å². The molecule has 3 nitrogen and oxygen atoms in total. The molecule has 2 unspecified atom stereocenters. The third kappa shape index (κ3) is 4.37. The van der Waals surface area contributed by atoms with Gasteiger partial charge in [0.2, 0.25) is 0 Å². The van der Waals surface area contributed by atoms with Crippen LogP contribution >= 0.6 is 22.6 Å². The summed E-state index contributed by atoms with van der Waals surface area (Å²) in [6.45, 7) is 0.902. The number of benzene rings is 1. The molecule has 106 valence electrons. The molecule has 0 saturated carbocycles. The Hall–Kier alpha value is -0.240. The molecule has 5 heteroatoms. The first-order valence-corrected chi connectivity index (χ1v) is 7.81. The van der Waals surface area contributed by atoms with Crippen molar-refractivity contribution in [3.8, 4) is 0 Å². The monoisotopic (exact) mass is 378 g/mol. The minimum atomic E-state index is -0.205. The van der Waals surface area contributed by atoms with Crippen molar-refractivity contribution in [2.24, 2.45) is 5.84 Å². The van der Waals surface area contributed by atoms with Crippen molar-refractivity contribution < 1.29 is 9.13 Å². The van der Waals surface area contributed by atoms with Gasteiger partial charge in [-0.15, -0.1) is 0 Å². The van der Waals surface area contributed by atoms with Crippen LogP contribution in [0, 0.1) is 9.39 Å². The molecule has 19 heavy (non-hydrogen) atoms. The third-order valence-corrected chi connectivity index (χ3v) is 4.52. The molecule has 1 aromatic carbocycles. The van der Waals surface area contributed by atoms with Crippen LogP contribution in [0.25, 0.3) is 0 Å². The van der Waals surface area contributed by atoms with Gasteiger partial charge >= 0.3 is 0 Å². The zero-order valence-electron chi connectivity index (χ0n) is 10.9. The SMILES string of the molecule is NNC(CCCC1CCCO1)c1ccc(F)cc1I. The van der Waals surface area contributed by atoms with Crippen LogP contribution in [0.4, 0.5) is 4.39 Å². The van der Waals surface area contributed by atoms with Crippen molar-refractivity contribution in [2.75, 3.05) is 6.61 Å². The summed E-state index contributed by atoms with van der Waals surface area (Å²) in [5.41, 5.74) is 3.90. The Balaban J connectivity index is 1.88. The topological polar surface area (TPSA) is 47.3 Å². The molecule has 3 N–H and O–H groups in total. The van der Waals surface area contributed by atoms with Crippen molar-refractivity contribution in [3.05, 3.63) is 33.1 Å². The van der Waals surface area contributed by atoms with Crippen LogP contribution < -0.4 is 11.3 Å². The molecule has 0 amide bonds. The summed E-state index contributed by atoms with van der Waals surface area (Å²) in [5, 5.41) is 0. The Morgan fingerprint density at radius 2 is 2.37 bits per heavy atom. The van der Waals surface area contributed by atoms with Gasteiger partial charge in [0, 0.05) is 16.2 Å². The highest BCUT2D eigenvalue weighted by atomic mass is 127. The average Bonchev–Trinajstić information content (AvgIpc) is 2.89. The van der Waals surface area contributed by atoms with E-state index in [1.807, 2.05) is 6.07 Å². The minimum absolute atomic E-state index is 0.0777. The van der Waals surface area contributed by atoms with Gasteiger partial charge in [0.05, 0.1) is 6.10 Å². The van der Waals surface area contributed by atoms with E-state index in [9.17, 15) is 4.39 Å². The highest BCUT2D eigenvalue weighted by molar-refractivity contribution is 14.1. The molecule has 0 aromatic heterocycles. The fourth-order valence-electron chi connectivity index (χ4n) is 2.53. The quantitative estimate of drug-likeness (QED) is 0.454. The van der Waals surface area contributed by atoms with Gasteiger partial charge in [-0.25, -0.2) is 4.39 Å². The predicted molar refractivity (Wildman–Crippen MR) is 82.0 cm³/mol. The highest BCUT2D eigenvalue weighted by Crippen LogP contribution is 2.26. The maximum atomic E-state index is 13.1. The fourth-order valence-corrected chi connectivity index (χ4v) is 3.39. The summed E-state index contributed by atoms with van der Waals surface area (Å²) < 4.78 is 19.6.